The molecule has 0 spiro atoms. The Morgan fingerprint density at radius 2 is 2.00 bits per heavy atom. The molecular formula is C13H21N3. The first-order chi connectivity index (χ1) is 7.88. The molecule has 1 N–H and O–H groups in total. The average molecular weight is 219 g/mol. The molecule has 0 bridgehead atoms. The first-order valence-corrected chi connectivity index (χ1v) is 6.23. The van der Waals surface area contributed by atoms with Gasteiger partial charge >= 0.3 is 0 Å². The van der Waals surface area contributed by atoms with E-state index in [0.29, 0.717) is 6.04 Å². The fourth-order valence-electron chi connectivity index (χ4n) is 2.25. The van der Waals surface area contributed by atoms with Crippen LogP contribution in [0.4, 0.5) is 0 Å². The first-order valence-electron chi connectivity index (χ1n) is 6.23. The van der Waals surface area contributed by atoms with Gasteiger partial charge in [-0.1, -0.05) is 6.07 Å². The van der Waals surface area contributed by atoms with Crippen LogP contribution in [0.2, 0.25) is 0 Å². The lowest BCUT2D eigenvalue weighted by atomic mass is 10.1. The van der Waals surface area contributed by atoms with E-state index in [-0.39, 0.29) is 0 Å². The minimum absolute atomic E-state index is 0.444. The van der Waals surface area contributed by atoms with Crippen LogP contribution in [0.5, 0.6) is 0 Å². The molecule has 1 saturated heterocycles. The Morgan fingerprint density at radius 3 is 2.62 bits per heavy atom. The van der Waals surface area contributed by atoms with Crippen LogP contribution in [-0.2, 0) is 0 Å². The Hall–Kier alpha value is -0.930. The van der Waals surface area contributed by atoms with Crippen molar-refractivity contribution in [3.05, 3.63) is 30.1 Å². The quantitative estimate of drug-likeness (QED) is 0.822. The van der Waals surface area contributed by atoms with E-state index < -0.39 is 0 Å². The topological polar surface area (TPSA) is 28.2 Å². The van der Waals surface area contributed by atoms with E-state index in [1.54, 1.807) is 0 Å². The Morgan fingerprint density at radius 1 is 1.25 bits per heavy atom. The second-order valence-corrected chi connectivity index (χ2v) is 4.42. The molecule has 0 radical (unpaired) electrons. The van der Waals surface area contributed by atoms with Crippen LogP contribution < -0.4 is 5.32 Å². The molecular weight excluding hydrogens is 198 g/mol. The molecule has 1 fully saturated rings. The highest BCUT2D eigenvalue weighted by Crippen LogP contribution is 2.18. The number of hydrogen-bond acceptors (Lipinski definition) is 3. The SMILES string of the molecule is CC(c1ccccn1)N1CCCNCCC1. The van der Waals surface area contributed by atoms with E-state index in [1.807, 2.05) is 12.3 Å². The molecule has 2 rings (SSSR count). The third kappa shape index (κ3) is 3.03. The van der Waals surface area contributed by atoms with Crippen molar-refractivity contribution in [2.24, 2.45) is 0 Å². The predicted molar refractivity (Wildman–Crippen MR) is 66.3 cm³/mol. The summed E-state index contributed by atoms with van der Waals surface area (Å²) in [6, 6.07) is 6.62. The van der Waals surface area contributed by atoms with Crippen molar-refractivity contribution in [1.82, 2.24) is 15.2 Å². The lowest BCUT2D eigenvalue weighted by Crippen LogP contribution is -2.35. The van der Waals surface area contributed by atoms with Crippen LogP contribution in [0.1, 0.15) is 31.5 Å². The molecule has 0 aliphatic carbocycles. The zero-order chi connectivity index (χ0) is 11.2. The summed E-state index contributed by atoms with van der Waals surface area (Å²) in [7, 11) is 0. The summed E-state index contributed by atoms with van der Waals surface area (Å²) in [5.74, 6) is 0. The van der Waals surface area contributed by atoms with Crippen LogP contribution in [0.3, 0.4) is 0 Å². The molecule has 1 aromatic rings. The normalized spacial score (nSPS) is 21.1. The molecule has 1 aliphatic rings. The van der Waals surface area contributed by atoms with E-state index in [4.69, 9.17) is 0 Å². The van der Waals surface area contributed by atoms with Crippen molar-refractivity contribution in [3.63, 3.8) is 0 Å². The zero-order valence-corrected chi connectivity index (χ0v) is 10.0. The lowest BCUT2D eigenvalue weighted by molar-refractivity contribution is 0.192. The minimum atomic E-state index is 0.444. The Labute approximate surface area is 97.9 Å². The number of hydrogen-bond donors (Lipinski definition) is 1. The van der Waals surface area contributed by atoms with E-state index in [9.17, 15) is 0 Å². The van der Waals surface area contributed by atoms with Crippen molar-refractivity contribution >= 4 is 0 Å². The van der Waals surface area contributed by atoms with Crippen molar-refractivity contribution in [3.8, 4) is 0 Å². The molecule has 2 heterocycles. The number of pyridine rings is 1. The lowest BCUT2D eigenvalue weighted by Gasteiger charge is -2.30. The molecule has 88 valence electrons. The second kappa shape index (κ2) is 5.97. The van der Waals surface area contributed by atoms with Crippen LogP contribution in [0, 0.1) is 0 Å². The summed E-state index contributed by atoms with van der Waals surface area (Å²) >= 11 is 0. The molecule has 0 amide bonds. The van der Waals surface area contributed by atoms with E-state index in [0.717, 1.165) is 13.1 Å². The van der Waals surface area contributed by atoms with Crippen LogP contribution in [0.15, 0.2) is 24.4 Å². The van der Waals surface area contributed by atoms with Gasteiger partial charge in [-0.2, -0.15) is 0 Å². The van der Waals surface area contributed by atoms with Crippen LogP contribution >= 0.6 is 0 Å². The summed E-state index contributed by atoms with van der Waals surface area (Å²) in [6.07, 6.45) is 4.35. The largest absolute Gasteiger partial charge is 0.317 e. The highest BCUT2D eigenvalue weighted by Gasteiger charge is 2.16. The van der Waals surface area contributed by atoms with Gasteiger partial charge in [0.05, 0.1) is 5.69 Å². The van der Waals surface area contributed by atoms with Gasteiger partial charge in [-0.05, 0) is 45.0 Å². The molecule has 1 aromatic heterocycles. The highest BCUT2D eigenvalue weighted by atomic mass is 15.2. The monoisotopic (exact) mass is 219 g/mol. The molecule has 1 atom stereocenters. The van der Waals surface area contributed by atoms with Gasteiger partial charge in [-0.3, -0.25) is 9.88 Å². The fraction of sp³-hybridized carbons (Fsp3) is 0.615. The summed E-state index contributed by atoms with van der Waals surface area (Å²) in [4.78, 5) is 7.00. The Kier molecular flexibility index (Phi) is 4.31. The summed E-state index contributed by atoms with van der Waals surface area (Å²) in [6.45, 7) is 6.89. The molecule has 0 saturated carbocycles. The molecule has 3 heteroatoms. The molecule has 1 unspecified atom stereocenters. The molecule has 1 aliphatic heterocycles. The highest BCUT2D eigenvalue weighted by molar-refractivity contribution is 5.07. The zero-order valence-electron chi connectivity index (χ0n) is 10.0. The van der Waals surface area contributed by atoms with Gasteiger partial charge < -0.3 is 5.32 Å². The smallest absolute Gasteiger partial charge is 0.0572 e. The maximum Gasteiger partial charge on any atom is 0.0572 e. The first kappa shape index (κ1) is 11.6. The van der Waals surface area contributed by atoms with E-state index >= 15 is 0 Å². The van der Waals surface area contributed by atoms with Gasteiger partial charge in [0.25, 0.3) is 0 Å². The standard InChI is InChI=1S/C13H21N3/c1-12(13-6-2-3-9-15-13)16-10-4-7-14-8-5-11-16/h2-3,6,9,12,14H,4-5,7-8,10-11H2,1H3. The Balaban J connectivity index is 1.99. The number of rotatable bonds is 2. The van der Waals surface area contributed by atoms with E-state index in [2.05, 4.69) is 34.3 Å². The Bertz CT molecular complexity index is 291. The minimum Gasteiger partial charge on any atom is -0.317 e. The molecule has 3 nitrogen and oxygen atoms in total. The fourth-order valence-corrected chi connectivity index (χ4v) is 2.25. The molecule has 0 aromatic carbocycles. The summed E-state index contributed by atoms with van der Waals surface area (Å²) < 4.78 is 0. The van der Waals surface area contributed by atoms with Gasteiger partial charge in [-0.15, -0.1) is 0 Å². The molecule has 16 heavy (non-hydrogen) atoms. The van der Waals surface area contributed by atoms with E-state index in [1.165, 1.54) is 31.6 Å². The number of nitrogens with one attached hydrogen (secondary N) is 1. The number of aromatic nitrogens is 1. The maximum absolute atomic E-state index is 4.45. The third-order valence-electron chi connectivity index (χ3n) is 3.26. The van der Waals surface area contributed by atoms with Crippen molar-refractivity contribution in [1.29, 1.82) is 0 Å². The van der Waals surface area contributed by atoms with Gasteiger partial charge in [-0.25, -0.2) is 0 Å². The van der Waals surface area contributed by atoms with Gasteiger partial charge in [0.1, 0.15) is 0 Å². The maximum atomic E-state index is 4.45. The predicted octanol–water partition coefficient (Wildman–Crippen LogP) is 1.83. The summed E-state index contributed by atoms with van der Waals surface area (Å²) in [5, 5.41) is 3.44. The van der Waals surface area contributed by atoms with Gasteiger partial charge in [0.15, 0.2) is 0 Å². The van der Waals surface area contributed by atoms with Crippen molar-refractivity contribution in [2.45, 2.75) is 25.8 Å². The summed E-state index contributed by atoms with van der Waals surface area (Å²) in [5.41, 5.74) is 1.19. The van der Waals surface area contributed by atoms with Gasteiger partial charge in [0.2, 0.25) is 0 Å². The third-order valence-corrected chi connectivity index (χ3v) is 3.26. The second-order valence-electron chi connectivity index (χ2n) is 4.42. The van der Waals surface area contributed by atoms with Crippen molar-refractivity contribution in [2.75, 3.05) is 26.2 Å². The average Bonchev–Trinajstić information content (AvgIpc) is 2.29. The number of nitrogens with zero attached hydrogens (tertiary/aromatic N) is 2. The van der Waals surface area contributed by atoms with Crippen LogP contribution in [-0.4, -0.2) is 36.1 Å². The van der Waals surface area contributed by atoms with Gasteiger partial charge in [0, 0.05) is 25.3 Å². The van der Waals surface area contributed by atoms with Crippen LogP contribution in [0.25, 0.3) is 0 Å². The van der Waals surface area contributed by atoms with Crippen molar-refractivity contribution < 1.29 is 0 Å².